The van der Waals surface area contributed by atoms with Crippen molar-refractivity contribution in [1.29, 1.82) is 0 Å². The van der Waals surface area contributed by atoms with Crippen LogP contribution in [0.25, 0.3) is 0 Å². The summed E-state index contributed by atoms with van der Waals surface area (Å²) in [5.74, 6) is -0.397. The van der Waals surface area contributed by atoms with Crippen LogP contribution in [0.4, 0.5) is 0 Å². The number of nitrogens with zero attached hydrogens (tertiary/aromatic N) is 2. The summed E-state index contributed by atoms with van der Waals surface area (Å²) in [6.07, 6.45) is 1.11. The Labute approximate surface area is 110 Å². The molecule has 1 aliphatic rings. The number of aliphatic hydroxyl groups excluding tert-OH is 1. The molecule has 0 bridgehead atoms. The lowest BCUT2D eigenvalue weighted by molar-refractivity contribution is 0.0124. The number of ether oxygens (including phenoxy) is 1. The monoisotopic (exact) mass is 267 g/mol. The predicted molar refractivity (Wildman–Crippen MR) is 66.8 cm³/mol. The van der Waals surface area contributed by atoms with Gasteiger partial charge in [-0.3, -0.25) is 9.59 Å². The average Bonchev–Trinajstić information content (AvgIpc) is 2.43. The van der Waals surface area contributed by atoms with Crippen molar-refractivity contribution >= 4 is 5.91 Å². The van der Waals surface area contributed by atoms with Crippen LogP contribution in [0.3, 0.4) is 0 Å². The Hall–Kier alpha value is -1.73. The van der Waals surface area contributed by atoms with Crippen LogP contribution in [0, 0.1) is 0 Å². The van der Waals surface area contributed by atoms with E-state index in [1.54, 1.807) is 0 Å². The fourth-order valence-corrected chi connectivity index (χ4v) is 2.01. The van der Waals surface area contributed by atoms with Gasteiger partial charge in [0.1, 0.15) is 5.69 Å². The van der Waals surface area contributed by atoms with E-state index in [0.29, 0.717) is 26.1 Å². The Balaban J connectivity index is 2.15. The molecule has 1 aromatic heterocycles. The predicted octanol–water partition coefficient (Wildman–Crippen LogP) is -0.948. The van der Waals surface area contributed by atoms with Crippen LogP contribution in [-0.2, 0) is 11.8 Å². The van der Waals surface area contributed by atoms with E-state index < -0.39 is 11.4 Å². The van der Waals surface area contributed by atoms with Crippen molar-refractivity contribution in [3.05, 3.63) is 28.2 Å². The Morgan fingerprint density at radius 1 is 1.53 bits per heavy atom. The quantitative estimate of drug-likeness (QED) is 0.736. The van der Waals surface area contributed by atoms with Crippen molar-refractivity contribution in [2.24, 2.45) is 7.05 Å². The van der Waals surface area contributed by atoms with Gasteiger partial charge in [0.25, 0.3) is 11.5 Å². The number of hydrogen-bond donors (Lipinski definition) is 2. The van der Waals surface area contributed by atoms with Gasteiger partial charge in [0.15, 0.2) is 0 Å². The van der Waals surface area contributed by atoms with Crippen LogP contribution in [0.5, 0.6) is 0 Å². The minimum Gasteiger partial charge on any atom is -0.394 e. The van der Waals surface area contributed by atoms with Gasteiger partial charge in [0.2, 0.25) is 0 Å². The number of carbonyl (C=O) groups excluding carboxylic acids is 1. The van der Waals surface area contributed by atoms with E-state index in [0.717, 1.165) is 4.68 Å². The molecule has 19 heavy (non-hydrogen) atoms. The second-order valence-electron chi connectivity index (χ2n) is 4.69. The minimum absolute atomic E-state index is 0.145. The molecule has 1 aliphatic heterocycles. The van der Waals surface area contributed by atoms with E-state index in [2.05, 4.69) is 10.4 Å². The molecule has 1 amide bonds. The zero-order valence-electron chi connectivity index (χ0n) is 10.8. The van der Waals surface area contributed by atoms with Crippen molar-refractivity contribution in [3.8, 4) is 0 Å². The molecule has 1 fully saturated rings. The highest BCUT2D eigenvalue weighted by molar-refractivity contribution is 5.92. The molecule has 0 atom stereocenters. The zero-order valence-corrected chi connectivity index (χ0v) is 10.8. The van der Waals surface area contributed by atoms with Crippen molar-refractivity contribution in [1.82, 2.24) is 15.1 Å². The van der Waals surface area contributed by atoms with Gasteiger partial charge in [-0.2, -0.15) is 5.10 Å². The summed E-state index contributed by atoms with van der Waals surface area (Å²) < 4.78 is 6.33. The highest BCUT2D eigenvalue weighted by atomic mass is 16.5. The lowest BCUT2D eigenvalue weighted by atomic mass is 9.91. The molecule has 0 unspecified atom stereocenters. The van der Waals surface area contributed by atoms with Gasteiger partial charge in [-0.15, -0.1) is 0 Å². The first-order chi connectivity index (χ1) is 9.06. The van der Waals surface area contributed by atoms with Gasteiger partial charge in [0, 0.05) is 26.3 Å². The van der Waals surface area contributed by atoms with E-state index in [1.165, 1.54) is 19.2 Å². The van der Waals surface area contributed by atoms with E-state index >= 15 is 0 Å². The highest BCUT2D eigenvalue weighted by Gasteiger charge is 2.34. The number of aliphatic hydroxyl groups is 1. The number of nitrogens with one attached hydrogen (secondary N) is 1. The fraction of sp³-hybridized carbons (Fsp3) is 0.583. The molecule has 0 aromatic carbocycles. The van der Waals surface area contributed by atoms with E-state index in [-0.39, 0.29) is 17.9 Å². The highest BCUT2D eigenvalue weighted by Crippen LogP contribution is 2.20. The molecule has 7 heteroatoms. The van der Waals surface area contributed by atoms with Gasteiger partial charge in [-0.25, -0.2) is 4.68 Å². The topological polar surface area (TPSA) is 93.5 Å². The van der Waals surface area contributed by atoms with Crippen LogP contribution in [0.1, 0.15) is 23.3 Å². The summed E-state index contributed by atoms with van der Waals surface area (Å²) in [4.78, 5) is 23.3. The SMILES string of the molecule is Cn1nc(C(=O)NC2(CO)CCOCC2)ccc1=O. The molecule has 2 rings (SSSR count). The number of aryl methyl sites for hydroxylation is 1. The maximum Gasteiger partial charge on any atom is 0.272 e. The van der Waals surface area contributed by atoms with Gasteiger partial charge in [-0.05, 0) is 18.9 Å². The summed E-state index contributed by atoms with van der Waals surface area (Å²) in [5.41, 5.74) is -0.785. The van der Waals surface area contributed by atoms with Crippen LogP contribution in [-0.4, -0.2) is 46.2 Å². The van der Waals surface area contributed by atoms with Crippen LogP contribution < -0.4 is 10.9 Å². The van der Waals surface area contributed by atoms with E-state index in [9.17, 15) is 14.7 Å². The van der Waals surface area contributed by atoms with E-state index in [4.69, 9.17) is 4.74 Å². The fourth-order valence-electron chi connectivity index (χ4n) is 2.01. The molecule has 2 N–H and O–H groups in total. The van der Waals surface area contributed by atoms with Crippen molar-refractivity contribution in [3.63, 3.8) is 0 Å². The summed E-state index contributed by atoms with van der Waals surface area (Å²) in [6.45, 7) is 0.858. The summed E-state index contributed by atoms with van der Waals surface area (Å²) in [5, 5.41) is 16.2. The maximum atomic E-state index is 12.1. The Morgan fingerprint density at radius 3 is 2.79 bits per heavy atom. The third kappa shape index (κ3) is 2.99. The van der Waals surface area contributed by atoms with Crippen LogP contribution in [0.15, 0.2) is 16.9 Å². The smallest absolute Gasteiger partial charge is 0.272 e. The first-order valence-corrected chi connectivity index (χ1v) is 6.12. The molecule has 7 nitrogen and oxygen atoms in total. The van der Waals surface area contributed by atoms with Gasteiger partial charge in [0.05, 0.1) is 12.1 Å². The minimum atomic E-state index is -0.661. The standard InChI is InChI=1S/C12H17N3O4/c1-15-10(17)3-2-9(14-15)11(18)13-12(8-16)4-6-19-7-5-12/h2-3,16H,4-8H2,1H3,(H,13,18). The van der Waals surface area contributed by atoms with Crippen molar-refractivity contribution < 1.29 is 14.6 Å². The molecule has 1 saturated heterocycles. The largest absolute Gasteiger partial charge is 0.394 e. The summed E-state index contributed by atoms with van der Waals surface area (Å²) in [7, 11) is 1.48. The Morgan fingerprint density at radius 2 is 2.21 bits per heavy atom. The van der Waals surface area contributed by atoms with Gasteiger partial charge >= 0.3 is 0 Å². The molecular formula is C12H17N3O4. The molecule has 0 aliphatic carbocycles. The number of amides is 1. The molecule has 104 valence electrons. The summed E-state index contributed by atoms with van der Waals surface area (Å²) >= 11 is 0. The maximum absolute atomic E-state index is 12.1. The van der Waals surface area contributed by atoms with Crippen LogP contribution >= 0.6 is 0 Å². The molecule has 0 radical (unpaired) electrons. The normalized spacial score (nSPS) is 18.0. The first kappa shape index (κ1) is 13.7. The van der Waals surface area contributed by atoms with E-state index in [1.807, 2.05) is 0 Å². The molecule has 0 saturated carbocycles. The molecule has 0 spiro atoms. The Bertz CT molecular complexity index is 520. The molecule has 2 heterocycles. The van der Waals surface area contributed by atoms with Gasteiger partial charge < -0.3 is 15.2 Å². The number of rotatable bonds is 3. The number of aromatic nitrogens is 2. The molecular weight excluding hydrogens is 250 g/mol. The van der Waals surface area contributed by atoms with Crippen molar-refractivity contribution in [2.75, 3.05) is 19.8 Å². The molecule has 1 aromatic rings. The Kier molecular flexibility index (Phi) is 3.96. The lowest BCUT2D eigenvalue weighted by Crippen LogP contribution is -2.54. The third-order valence-corrected chi connectivity index (χ3v) is 3.32. The summed E-state index contributed by atoms with van der Waals surface area (Å²) in [6, 6.07) is 2.67. The van der Waals surface area contributed by atoms with Crippen molar-refractivity contribution in [2.45, 2.75) is 18.4 Å². The zero-order chi connectivity index (χ0) is 13.9. The first-order valence-electron chi connectivity index (χ1n) is 6.12. The third-order valence-electron chi connectivity index (χ3n) is 3.32. The van der Waals surface area contributed by atoms with Gasteiger partial charge in [-0.1, -0.05) is 0 Å². The number of hydrogen-bond acceptors (Lipinski definition) is 5. The average molecular weight is 267 g/mol. The second-order valence-corrected chi connectivity index (χ2v) is 4.69. The number of carbonyl (C=O) groups is 1. The lowest BCUT2D eigenvalue weighted by Gasteiger charge is -2.36. The second kappa shape index (κ2) is 5.50. The van der Waals surface area contributed by atoms with Crippen LogP contribution in [0.2, 0.25) is 0 Å².